The van der Waals surface area contributed by atoms with Crippen LogP contribution >= 0.6 is 0 Å². The minimum absolute atomic E-state index is 0.614. The van der Waals surface area contributed by atoms with Gasteiger partial charge in [0, 0.05) is 36.7 Å². The van der Waals surface area contributed by atoms with Crippen molar-refractivity contribution in [1.29, 1.82) is 0 Å². The molecule has 0 saturated carbocycles. The van der Waals surface area contributed by atoms with Gasteiger partial charge in [0.05, 0.1) is 0 Å². The number of hydrogen-bond donors (Lipinski definition) is 0. The van der Waals surface area contributed by atoms with Crippen LogP contribution in [-0.2, 0) is 12.8 Å². The molecule has 0 spiro atoms. The van der Waals surface area contributed by atoms with Crippen molar-refractivity contribution in [2.24, 2.45) is 5.92 Å². The molecule has 3 heteroatoms. The van der Waals surface area contributed by atoms with Gasteiger partial charge in [-0.2, -0.15) is 0 Å². The van der Waals surface area contributed by atoms with Gasteiger partial charge < -0.3 is 0 Å². The number of pyridine rings is 3. The fourth-order valence-electron chi connectivity index (χ4n) is 2.79. The van der Waals surface area contributed by atoms with E-state index in [0.29, 0.717) is 11.8 Å². The molecule has 0 radical (unpaired) electrons. The molecule has 0 bridgehead atoms. The number of nitrogens with zero attached hydrogens (tertiary/aromatic N) is 3. The second kappa shape index (κ2) is 14.4. The molecule has 30 heavy (non-hydrogen) atoms. The van der Waals surface area contributed by atoms with Crippen molar-refractivity contribution in [2.75, 3.05) is 0 Å². The zero-order chi connectivity index (χ0) is 22.4. The first-order chi connectivity index (χ1) is 14.3. The van der Waals surface area contributed by atoms with Crippen LogP contribution in [0.1, 0.15) is 82.7 Å². The summed E-state index contributed by atoms with van der Waals surface area (Å²) in [5, 5.41) is 0. The van der Waals surface area contributed by atoms with Gasteiger partial charge in [0.25, 0.3) is 0 Å². The Bertz CT molecular complexity index is 797. The Balaban J connectivity index is 0.000000226. The van der Waals surface area contributed by atoms with Crippen LogP contribution in [0, 0.1) is 5.92 Å². The molecule has 0 atom stereocenters. The van der Waals surface area contributed by atoms with E-state index in [1.807, 2.05) is 49.2 Å². The number of rotatable bonds is 5. The highest BCUT2D eigenvalue weighted by Gasteiger charge is 1.99. The van der Waals surface area contributed by atoms with Crippen molar-refractivity contribution in [3.05, 3.63) is 89.8 Å². The maximum atomic E-state index is 4.24. The minimum atomic E-state index is 0.614. The van der Waals surface area contributed by atoms with Crippen molar-refractivity contribution in [1.82, 2.24) is 15.0 Å². The lowest BCUT2D eigenvalue weighted by Crippen LogP contribution is -1.93. The number of aryl methyl sites for hydroxylation is 1. The summed E-state index contributed by atoms with van der Waals surface area (Å²) in [6, 6.07) is 12.5. The highest BCUT2D eigenvalue weighted by molar-refractivity contribution is 5.19. The van der Waals surface area contributed by atoms with Crippen molar-refractivity contribution in [3.63, 3.8) is 0 Å². The summed E-state index contributed by atoms with van der Waals surface area (Å²) in [5.41, 5.74) is 5.26. The predicted octanol–water partition coefficient (Wildman–Crippen LogP) is 7.25. The molecule has 0 saturated heterocycles. The zero-order valence-corrected chi connectivity index (χ0v) is 19.8. The van der Waals surface area contributed by atoms with Crippen LogP contribution < -0.4 is 0 Å². The van der Waals surface area contributed by atoms with E-state index in [2.05, 4.69) is 81.6 Å². The van der Waals surface area contributed by atoms with E-state index in [-0.39, 0.29) is 0 Å². The van der Waals surface area contributed by atoms with E-state index in [1.54, 1.807) is 0 Å². The summed E-state index contributed by atoms with van der Waals surface area (Å²) >= 11 is 0. The number of aromatic nitrogens is 3. The van der Waals surface area contributed by atoms with Crippen LogP contribution in [-0.4, -0.2) is 15.0 Å². The van der Waals surface area contributed by atoms with Gasteiger partial charge in [0.1, 0.15) is 0 Å². The number of hydrogen-bond acceptors (Lipinski definition) is 3. The smallest absolute Gasteiger partial charge is 0.0403 e. The molecule has 3 heterocycles. The fraction of sp³-hybridized carbons (Fsp3) is 0.444. The standard InChI is InChI=1S/C10H15N.C9H13N.C8H11N/c1-4-10-7-9(8(2)3)5-6-11-10;1-8(2)6-9-4-3-5-10-7-9;1-7(2)8-3-5-9-6-4-8/h5-8H,4H2,1-3H3;3-5,7-8H,6H2,1-2H3;3-7H,1-2H3. The van der Waals surface area contributed by atoms with Gasteiger partial charge in [-0.25, -0.2) is 0 Å². The average molecular weight is 406 g/mol. The summed E-state index contributed by atoms with van der Waals surface area (Å²) in [7, 11) is 0. The van der Waals surface area contributed by atoms with Crippen molar-refractivity contribution < 1.29 is 0 Å². The van der Waals surface area contributed by atoms with E-state index in [4.69, 9.17) is 0 Å². The third-order valence-corrected chi connectivity index (χ3v) is 4.61. The second-order valence-electron chi connectivity index (χ2n) is 8.48. The van der Waals surface area contributed by atoms with Gasteiger partial charge in [-0.05, 0) is 77.6 Å². The molecule has 0 aromatic carbocycles. The molecular weight excluding hydrogens is 366 g/mol. The predicted molar refractivity (Wildman–Crippen MR) is 129 cm³/mol. The topological polar surface area (TPSA) is 38.7 Å². The third kappa shape index (κ3) is 10.8. The molecule has 3 rings (SSSR count). The maximum absolute atomic E-state index is 4.24. The van der Waals surface area contributed by atoms with E-state index in [0.717, 1.165) is 18.8 Å². The third-order valence-electron chi connectivity index (χ3n) is 4.61. The highest BCUT2D eigenvalue weighted by atomic mass is 14.7. The Labute approximate surface area is 184 Å². The first-order valence-corrected chi connectivity index (χ1v) is 11.1. The molecule has 0 amide bonds. The molecule has 162 valence electrons. The van der Waals surface area contributed by atoms with E-state index < -0.39 is 0 Å². The normalized spacial score (nSPS) is 10.3. The Morgan fingerprint density at radius 3 is 1.83 bits per heavy atom. The largest absolute Gasteiger partial charge is 0.265 e. The molecule has 0 unspecified atom stereocenters. The van der Waals surface area contributed by atoms with Gasteiger partial charge in [0.15, 0.2) is 0 Å². The van der Waals surface area contributed by atoms with Gasteiger partial charge in [-0.1, -0.05) is 54.5 Å². The molecule has 3 nitrogen and oxygen atoms in total. The minimum Gasteiger partial charge on any atom is -0.265 e. The van der Waals surface area contributed by atoms with E-state index in [9.17, 15) is 0 Å². The summed E-state index contributed by atoms with van der Waals surface area (Å²) in [5.74, 6) is 1.96. The fourth-order valence-corrected chi connectivity index (χ4v) is 2.79. The summed E-state index contributed by atoms with van der Waals surface area (Å²) in [6.45, 7) is 15.3. The zero-order valence-electron chi connectivity index (χ0n) is 19.8. The Morgan fingerprint density at radius 1 is 0.733 bits per heavy atom. The van der Waals surface area contributed by atoms with Crippen LogP contribution in [0.4, 0.5) is 0 Å². The Hall–Kier alpha value is -2.55. The lowest BCUT2D eigenvalue weighted by molar-refractivity contribution is 0.645. The summed E-state index contributed by atoms with van der Waals surface area (Å²) in [6.07, 6.45) is 11.5. The molecule has 0 aliphatic rings. The molecule has 3 aromatic heterocycles. The van der Waals surface area contributed by atoms with Gasteiger partial charge in [-0.15, -0.1) is 0 Å². The maximum Gasteiger partial charge on any atom is 0.0403 e. The first kappa shape index (κ1) is 25.5. The summed E-state index contributed by atoms with van der Waals surface area (Å²) in [4.78, 5) is 12.2. The lowest BCUT2D eigenvalue weighted by Gasteiger charge is -2.05. The van der Waals surface area contributed by atoms with Crippen LogP contribution in [0.15, 0.2) is 67.4 Å². The van der Waals surface area contributed by atoms with Gasteiger partial charge >= 0.3 is 0 Å². The highest BCUT2D eigenvalue weighted by Crippen LogP contribution is 2.14. The van der Waals surface area contributed by atoms with Gasteiger partial charge in [0.2, 0.25) is 0 Å². The van der Waals surface area contributed by atoms with Crippen LogP contribution in [0.5, 0.6) is 0 Å². The molecular formula is C27H39N3. The van der Waals surface area contributed by atoms with Crippen LogP contribution in [0.25, 0.3) is 0 Å². The Kier molecular flexibility index (Phi) is 12.3. The molecule has 0 aliphatic heterocycles. The van der Waals surface area contributed by atoms with Crippen molar-refractivity contribution in [3.8, 4) is 0 Å². The molecule has 0 N–H and O–H groups in total. The SMILES string of the molecule is CC(C)Cc1cccnc1.CC(C)c1ccncc1.CCc1cc(C(C)C)ccn1. The van der Waals surface area contributed by atoms with Crippen molar-refractivity contribution in [2.45, 2.75) is 73.1 Å². The summed E-state index contributed by atoms with van der Waals surface area (Å²) < 4.78 is 0. The van der Waals surface area contributed by atoms with Crippen molar-refractivity contribution >= 4 is 0 Å². The second-order valence-corrected chi connectivity index (χ2v) is 8.48. The molecule has 0 fully saturated rings. The Morgan fingerprint density at radius 2 is 1.37 bits per heavy atom. The average Bonchev–Trinajstić information content (AvgIpc) is 2.75. The first-order valence-electron chi connectivity index (χ1n) is 11.1. The monoisotopic (exact) mass is 405 g/mol. The molecule has 0 aliphatic carbocycles. The van der Waals surface area contributed by atoms with Crippen LogP contribution in [0.2, 0.25) is 0 Å². The van der Waals surface area contributed by atoms with Gasteiger partial charge in [-0.3, -0.25) is 15.0 Å². The molecule has 3 aromatic rings. The van der Waals surface area contributed by atoms with E-state index >= 15 is 0 Å². The van der Waals surface area contributed by atoms with E-state index in [1.165, 1.54) is 22.4 Å². The van der Waals surface area contributed by atoms with Crippen LogP contribution in [0.3, 0.4) is 0 Å². The lowest BCUT2D eigenvalue weighted by atomic mass is 10.0. The quantitative estimate of drug-likeness (QED) is 0.448.